The summed E-state index contributed by atoms with van der Waals surface area (Å²) in [5.41, 5.74) is 5.36. The number of likely N-dealkylation sites (N-methyl/N-ethyl adjacent to an activating group) is 2. The lowest BCUT2D eigenvalue weighted by Crippen LogP contribution is -2.29. The van der Waals surface area contributed by atoms with Crippen LogP contribution in [0.2, 0.25) is 0 Å². The van der Waals surface area contributed by atoms with Gasteiger partial charge in [0.25, 0.3) is 5.69 Å². The molecule has 1 heterocycles. The van der Waals surface area contributed by atoms with Crippen molar-refractivity contribution in [2.24, 2.45) is 5.92 Å². The van der Waals surface area contributed by atoms with E-state index in [1.54, 1.807) is 13.1 Å². The van der Waals surface area contributed by atoms with Crippen molar-refractivity contribution >= 4 is 34.6 Å². The molecule has 0 aliphatic heterocycles. The maximum absolute atomic E-state index is 13.0. The van der Waals surface area contributed by atoms with E-state index in [0.717, 1.165) is 36.0 Å². The SMILES string of the molecule is CCCCc1cccc(/C(=C\C(C)C)c2nc(Nc3cc([N+](=O)[O-])c(N(C)CCN(C)C)cc3OC)ncc2C(=O)OC)c1C. The summed E-state index contributed by atoms with van der Waals surface area (Å²) in [4.78, 5) is 37.8. The summed E-state index contributed by atoms with van der Waals surface area (Å²) in [5.74, 6) is 0.0972. The van der Waals surface area contributed by atoms with Crippen molar-refractivity contribution in [2.75, 3.05) is 58.7 Å². The maximum atomic E-state index is 13.0. The van der Waals surface area contributed by atoms with Crippen LogP contribution in [0.3, 0.4) is 0 Å². The van der Waals surface area contributed by atoms with Crippen LogP contribution in [0.4, 0.5) is 23.0 Å². The molecule has 0 aliphatic carbocycles. The number of benzene rings is 2. The zero-order chi connectivity index (χ0) is 33.3. The molecule has 0 fully saturated rings. The van der Waals surface area contributed by atoms with Crippen molar-refractivity contribution < 1.29 is 19.2 Å². The van der Waals surface area contributed by atoms with Crippen molar-refractivity contribution in [1.82, 2.24) is 14.9 Å². The van der Waals surface area contributed by atoms with Gasteiger partial charge in [-0.1, -0.05) is 51.5 Å². The molecule has 45 heavy (non-hydrogen) atoms. The molecular weight excluding hydrogens is 572 g/mol. The number of nitro benzene ring substituents is 1. The second-order valence-corrected chi connectivity index (χ2v) is 11.6. The third kappa shape index (κ3) is 8.78. The van der Waals surface area contributed by atoms with Crippen LogP contribution < -0.4 is 15.0 Å². The van der Waals surface area contributed by atoms with Crippen LogP contribution in [0, 0.1) is 23.0 Å². The number of allylic oxidation sites excluding steroid dienone is 1. The van der Waals surface area contributed by atoms with Crippen molar-refractivity contribution in [3.8, 4) is 5.75 Å². The number of nitrogens with one attached hydrogen (secondary N) is 1. The molecule has 11 heteroatoms. The largest absolute Gasteiger partial charge is 0.494 e. The highest BCUT2D eigenvalue weighted by Crippen LogP contribution is 2.39. The highest BCUT2D eigenvalue weighted by atomic mass is 16.6. The van der Waals surface area contributed by atoms with E-state index < -0.39 is 10.9 Å². The van der Waals surface area contributed by atoms with Gasteiger partial charge in [0.15, 0.2) is 0 Å². The van der Waals surface area contributed by atoms with E-state index in [1.165, 1.54) is 32.0 Å². The predicted molar refractivity (Wildman–Crippen MR) is 180 cm³/mol. The number of methoxy groups -OCH3 is 2. The molecule has 0 unspecified atom stereocenters. The van der Waals surface area contributed by atoms with Gasteiger partial charge in [-0.05, 0) is 56.5 Å². The minimum Gasteiger partial charge on any atom is -0.494 e. The number of esters is 1. The van der Waals surface area contributed by atoms with Gasteiger partial charge in [0.2, 0.25) is 5.95 Å². The van der Waals surface area contributed by atoms with E-state index in [1.807, 2.05) is 36.0 Å². The molecule has 242 valence electrons. The van der Waals surface area contributed by atoms with Crippen LogP contribution >= 0.6 is 0 Å². The Bertz CT molecular complexity index is 1540. The Hall–Kier alpha value is -4.51. The first-order chi connectivity index (χ1) is 21.4. The fourth-order valence-corrected chi connectivity index (χ4v) is 5.02. The second kappa shape index (κ2) is 16.0. The Balaban J connectivity index is 2.18. The summed E-state index contributed by atoms with van der Waals surface area (Å²) >= 11 is 0. The summed E-state index contributed by atoms with van der Waals surface area (Å²) in [7, 11) is 8.52. The van der Waals surface area contributed by atoms with Crippen LogP contribution in [-0.4, -0.2) is 74.2 Å². The Morgan fingerprint density at radius 3 is 2.47 bits per heavy atom. The monoisotopic (exact) mass is 618 g/mol. The molecular formula is C34H46N6O5. The van der Waals surface area contributed by atoms with Gasteiger partial charge in [-0.15, -0.1) is 0 Å². The van der Waals surface area contributed by atoms with Crippen LogP contribution in [-0.2, 0) is 11.2 Å². The fraction of sp³-hybridized carbons (Fsp3) is 0.441. The maximum Gasteiger partial charge on any atom is 0.341 e. The zero-order valence-corrected chi connectivity index (χ0v) is 27.9. The lowest BCUT2D eigenvalue weighted by atomic mass is 9.89. The molecule has 0 aliphatic rings. The van der Waals surface area contributed by atoms with E-state index in [0.29, 0.717) is 35.9 Å². The molecule has 1 N–H and O–H groups in total. The van der Waals surface area contributed by atoms with E-state index >= 15 is 0 Å². The van der Waals surface area contributed by atoms with Gasteiger partial charge in [0.05, 0.1) is 30.5 Å². The number of carbonyl (C=O) groups is 1. The van der Waals surface area contributed by atoms with Gasteiger partial charge >= 0.3 is 5.97 Å². The van der Waals surface area contributed by atoms with E-state index in [4.69, 9.17) is 14.5 Å². The third-order valence-electron chi connectivity index (χ3n) is 7.52. The lowest BCUT2D eigenvalue weighted by Gasteiger charge is -2.23. The summed E-state index contributed by atoms with van der Waals surface area (Å²) in [6.07, 6.45) is 6.60. The van der Waals surface area contributed by atoms with Crippen molar-refractivity contribution in [1.29, 1.82) is 0 Å². The number of hydrogen-bond donors (Lipinski definition) is 1. The molecule has 11 nitrogen and oxygen atoms in total. The molecule has 1 aromatic heterocycles. The lowest BCUT2D eigenvalue weighted by molar-refractivity contribution is -0.384. The third-order valence-corrected chi connectivity index (χ3v) is 7.52. The number of aryl methyl sites for hydroxylation is 1. The normalized spacial score (nSPS) is 11.6. The molecule has 0 amide bonds. The van der Waals surface area contributed by atoms with Crippen molar-refractivity contribution in [3.05, 3.63) is 80.7 Å². The number of nitrogens with zero attached hydrogens (tertiary/aromatic N) is 5. The highest BCUT2D eigenvalue weighted by molar-refractivity contribution is 5.97. The zero-order valence-electron chi connectivity index (χ0n) is 27.9. The molecule has 0 saturated carbocycles. The van der Waals surface area contributed by atoms with Gasteiger partial charge in [-0.3, -0.25) is 10.1 Å². The Morgan fingerprint density at radius 2 is 1.87 bits per heavy atom. The number of rotatable bonds is 15. The number of carbonyl (C=O) groups excluding carboxylic acids is 1. The average Bonchev–Trinajstić information content (AvgIpc) is 3.01. The Kier molecular flexibility index (Phi) is 12.4. The van der Waals surface area contributed by atoms with Crippen LogP contribution in [0.25, 0.3) is 5.57 Å². The van der Waals surface area contributed by atoms with Gasteiger partial charge in [0, 0.05) is 44.0 Å². The number of unbranched alkanes of at least 4 members (excludes halogenated alkanes) is 1. The summed E-state index contributed by atoms with van der Waals surface area (Å²) in [5, 5.41) is 15.3. The first-order valence-electron chi connectivity index (χ1n) is 15.2. The topological polar surface area (TPSA) is 123 Å². The minimum atomic E-state index is -0.565. The smallest absolute Gasteiger partial charge is 0.341 e. The van der Waals surface area contributed by atoms with Crippen LogP contribution in [0.15, 0.2) is 42.6 Å². The van der Waals surface area contributed by atoms with Gasteiger partial charge < -0.3 is 24.6 Å². The highest BCUT2D eigenvalue weighted by Gasteiger charge is 2.25. The van der Waals surface area contributed by atoms with Crippen LogP contribution in [0.5, 0.6) is 5.75 Å². The Labute approximate surface area is 266 Å². The summed E-state index contributed by atoms with van der Waals surface area (Å²) < 4.78 is 10.8. The number of nitro groups is 1. The summed E-state index contributed by atoms with van der Waals surface area (Å²) in [6.45, 7) is 9.68. The number of ether oxygens (including phenoxy) is 2. The van der Waals surface area contributed by atoms with Gasteiger partial charge in [-0.2, -0.15) is 0 Å². The summed E-state index contributed by atoms with van der Waals surface area (Å²) in [6, 6.07) is 9.25. The molecule has 0 atom stereocenters. The quantitative estimate of drug-likeness (QED) is 0.112. The van der Waals surface area contributed by atoms with Gasteiger partial charge in [0.1, 0.15) is 17.0 Å². The first-order valence-corrected chi connectivity index (χ1v) is 15.2. The number of hydrogen-bond acceptors (Lipinski definition) is 10. The molecule has 0 bridgehead atoms. The van der Waals surface area contributed by atoms with Crippen molar-refractivity contribution in [2.45, 2.75) is 47.0 Å². The molecule has 0 radical (unpaired) electrons. The van der Waals surface area contributed by atoms with Crippen LogP contribution in [0.1, 0.15) is 66.4 Å². The number of aromatic nitrogens is 2. The molecule has 3 rings (SSSR count). The average molecular weight is 619 g/mol. The van der Waals surface area contributed by atoms with Gasteiger partial charge in [-0.25, -0.2) is 14.8 Å². The fourth-order valence-electron chi connectivity index (χ4n) is 5.02. The van der Waals surface area contributed by atoms with Crippen molar-refractivity contribution in [3.63, 3.8) is 0 Å². The molecule has 2 aromatic carbocycles. The van der Waals surface area contributed by atoms with E-state index in [-0.39, 0.29) is 23.1 Å². The van der Waals surface area contributed by atoms with E-state index in [9.17, 15) is 14.9 Å². The number of anilines is 3. The predicted octanol–water partition coefficient (Wildman–Crippen LogP) is 6.66. The van der Waals surface area contributed by atoms with E-state index in [2.05, 4.69) is 50.1 Å². The standard InChI is InChI=1S/C34H46N6O5/c1-10-11-13-24-14-12-15-25(23(24)4)26(18-22(2)3)32-27(33(41)45-9)21-35-34(37-32)36-28-19-30(40(42)43)29(20-31(28)44-8)39(7)17-16-38(5)6/h12,14-15,18-22H,10-11,13,16-17H2,1-9H3,(H,35,36,37)/b26-18+. The minimum absolute atomic E-state index is 0.0918. The Morgan fingerprint density at radius 1 is 1.13 bits per heavy atom. The second-order valence-electron chi connectivity index (χ2n) is 11.6. The molecule has 0 saturated heterocycles. The molecule has 0 spiro atoms. The first kappa shape index (κ1) is 35.0. The molecule has 3 aromatic rings.